The van der Waals surface area contributed by atoms with Gasteiger partial charge in [0.2, 0.25) is 10.0 Å². The molecule has 1 aromatic rings. The number of nitrogens with two attached hydrogens (primary N) is 1. The predicted molar refractivity (Wildman–Crippen MR) is 75.7 cm³/mol. The van der Waals surface area contributed by atoms with E-state index >= 15 is 0 Å². The zero-order valence-electron chi connectivity index (χ0n) is 10.7. The molecule has 0 aliphatic carbocycles. The van der Waals surface area contributed by atoms with Gasteiger partial charge in [-0.25, -0.2) is 13.4 Å². The lowest BCUT2D eigenvalue weighted by Crippen LogP contribution is -2.37. The standard InChI is InChI=1S/C11H18BrN3O2S/c1-4-5-15(8(2)3)18(16,17)10-6-9(12)7-14-11(10)13/h6-8H,4-5H2,1-3H3,(H2,13,14). The smallest absolute Gasteiger partial charge is 0.247 e. The molecule has 0 radical (unpaired) electrons. The van der Waals surface area contributed by atoms with Crippen LogP contribution in [0.25, 0.3) is 0 Å². The van der Waals surface area contributed by atoms with Gasteiger partial charge in [-0.1, -0.05) is 6.92 Å². The number of hydrogen-bond acceptors (Lipinski definition) is 4. The second-order valence-electron chi connectivity index (χ2n) is 4.25. The van der Waals surface area contributed by atoms with Crippen LogP contribution in [-0.2, 0) is 10.0 Å². The van der Waals surface area contributed by atoms with Crippen LogP contribution >= 0.6 is 15.9 Å². The van der Waals surface area contributed by atoms with Crippen LogP contribution in [0, 0.1) is 0 Å². The molecular formula is C11H18BrN3O2S. The molecule has 2 N–H and O–H groups in total. The van der Waals surface area contributed by atoms with Crippen molar-refractivity contribution < 1.29 is 8.42 Å². The summed E-state index contributed by atoms with van der Waals surface area (Å²) >= 11 is 3.21. The molecule has 1 rings (SSSR count). The molecule has 0 spiro atoms. The Morgan fingerprint density at radius 3 is 2.61 bits per heavy atom. The maximum Gasteiger partial charge on any atom is 0.247 e. The average molecular weight is 336 g/mol. The van der Waals surface area contributed by atoms with Gasteiger partial charge in [0.1, 0.15) is 10.7 Å². The Kier molecular flexibility index (Phi) is 5.12. The van der Waals surface area contributed by atoms with Gasteiger partial charge < -0.3 is 5.73 Å². The van der Waals surface area contributed by atoms with Crippen molar-refractivity contribution in [2.45, 2.75) is 38.1 Å². The largest absolute Gasteiger partial charge is 0.383 e. The fourth-order valence-corrected chi connectivity index (χ4v) is 3.95. The number of sulfonamides is 1. The van der Waals surface area contributed by atoms with Crippen molar-refractivity contribution in [2.24, 2.45) is 0 Å². The number of pyridine rings is 1. The lowest BCUT2D eigenvalue weighted by Gasteiger charge is -2.25. The highest BCUT2D eigenvalue weighted by Gasteiger charge is 2.28. The van der Waals surface area contributed by atoms with Crippen LogP contribution in [0.5, 0.6) is 0 Å². The second kappa shape index (κ2) is 5.99. The summed E-state index contributed by atoms with van der Waals surface area (Å²) < 4.78 is 27.1. The summed E-state index contributed by atoms with van der Waals surface area (Å²) in [6.45, 7) is 6.09. The molecule has 0 atom stereocenters. The number of rotatable bonds is 5. The van der Waals surface area contributed by atoms with Crippen LogP contribution in [0.4, 0.5) is 5.82 Å². The fourth-order valence-electron chi connectivity index (χ4n) is 1.64. The van der Waals surface area contributed by atoms with Gasteiger partial charge in [0.05, 0.1) is 0 Å². The highest BCUT2D eigenvalue weighted by Crippen LogP contribution is 2.25. The molecule has 7 heteroatoms. The number of aromatic nitrogens is 1. The summed E-state index contributed by atoms with van der Waals surface area (Å²) in [5.74, 6) is 0.0277. The minimum atomic E-state index is -3.60. The molecule has 102 valence electrons. The van der Waals surface area contributed by atoms with Crippen LogP contribution < -0.4 is 5.73 Å². The van der Waals surface area contributed by atoms with Gasteiger partial charge in [0.15, 0.2) is 0 Å². The first-order valence-corrected chi connectivity index (χ1v) is 7.96. The maximum atomic E-state index is 12.5. The van der Waals surface area contributed by atoms with E-state index in [4.69, 9.17) is 5.73 Å². The number of nitrogens with zero attached hydrogens (tertiary/aromatic N) is 2. The van der Waals surface area contributed by atoms with Crippen LogP contribution in [0.1, 0.15) is 27.2 Å². The lowest BCUT2D eigenvalue weighted by molar-refractivity contribution is 0.354. The van der Waals surface area contributed by atoms with E-state index in [1.165, 1.54) is 16.6 Å². The first-order valence-electron chi connectivity index (χ1n) is 5.73. The summed E-state index contributed by atoms with van der Waals surface area (Å²) in [5, 5.41) is 0. The lowest BCUT2D eigenvalue weighted by atomic mass is 10.4. The molecule has 0 aliphatic rings. The summed E-state index contributed by atoms with van der Waals surface area (Å²) in [6.07, 6.45) is 2.23. The van der Waals surface area contributed by atoms with Crippen LogP contribution in [0.2, 0.25) is 0 Å². The van der Waals surface area contributed by atoms with Crippen molar-refractivity contribution in [3.8, 4) is 0 Å². The van der Waals surface area contributed by atoms with Crippen molar-refractivity contribution >= 4 is 31.8 Å². The van der Waals surface area contributed by atoms with Gasteiger partial charge in [0.25, 0.3) is 0 Å². The topological polar surface area (TPSA) is 76.3 Å². The van der Waals surface area contributed by atoms with Crippen LogP contribution in [0.15, 0.2) is 21.6 Å². The SMILES string of the molecule is CCCN(C(C)C)S(=O)(=O)c1cc(Br)cnc1N. The third kappa shape index (κ3) is 3.21. The molecule has 0 saturated carbocycles. The van der Waals surface area contributed by atoms with E-state index in [2.05, 4.69) is 20.9 Å². The van der Waals surface area contributed by atoms with Crippen molar-refractivity contribution in [3.05, 3.63) is 16.7 Å². The Morgan fingerprint density at radius 2 is 2.11 bits per heavy atom. The number of halogens is 1. The quantitative estimate of drug-likeness (QED) is 0.895. The minimum absolute atomic E-state index is 0.0277. The maximum absolute atomic E-state index is 12.5. The zero-order chi connectivity index (χ0) is 13.9. The van der Waals surface area contributed by atoms with Gasteiger partial charge >= 0.3 is 0 Å². The van der Waals surface area contributed by atoms with E-state index in [1.807, 2.05) is 20.8 Å². The molecule has 1 aromatic heterocycles. The van der Waals surface area contributed by atoms with E-state index in [-0.39, 0.29) is 16.8 Å². The Morgan fingerprint density at radius 1 is 1.50 bits per heavy atom. The van der Waals surface area contributed by atoms with E-state index in [1.54, 1.807) is 0 Å². The molecule has 0 aliphatic heterocycles. The molecular weight excluding hydrogens is 318 g/mol. The third-order valence-electron chi connectivity index (χ3n) is 2.45. The zero-order valence-corrected chi connectivity index (χ0v) is 13.1. The van der Waals surface area contributed by atoms with Gasteiger partial charge in [-0.05, 0) is 42.3 Å². The van der Waals surface area contributed by atoms with Crippen LogP contribution in [0.3, 0.4) is 0 Å². The molecule has 18 heavy (non-hydrogen) atoms. The number of hydrogen-bond donors (Lipinski definition) is 1. The normalized spacial score (nSPS) is 12.3. The Balaban J connectivity index is 3.30. The minimum Gasteiger partial charge on any atom is -0.383 e. The van der Waals surface area contributed by atoms with E-state index < -0.39 is 10.0 Å². The van der Waals surface area contributed by atoms with Crippen molar-refractivity contribution in [1.29, 1.82) is 0 Å². The third-order valence-corrected chi connectivity index (χ3v) is 4.99. The molecule has 0 saturated heterocycles. The fraction of sp³-hybridized carbons (Fsp3) is 0.545. The van der Waals surface area contributed by atoms with Gasteiger partial charge in [-0.3, -0.25) is 0 Å². The highest BCUT2D eigenvalue weighted by molar-refractivity contribution is 9.10. The highest BCUT2D eigenvalue weighted by atomic mass is 79.9. The molecule has 1 heterocycles. The monoisotopic (exact) mass is 335 g/mol. The number of nitrogen functional groups attached to an aromatic ring is 1. The van der Waals surface area contributed by atoms with E-state index in [0.29, 0.717) is 11.0 Å². The van der Waals surface area contributed by atoms with Crippen LogP contribution in [-0.4, -0.2) is 30.3 Å². The Labute approximate surface area is 117 Å². The van der Waals surface area contributed by atoms with E-state index in [9.17, 15) is 8.42 Å². The van der Waals surface area contributed by atoms with Crippen molar-refractivity contribution in [1.82, 2.24) is 9.29 Å². The summed E-state index contributed by atoms with van der Waals surface area (Å²) in [4.78, 5) is 3.93. The average Bonchev–Trinajstić information content (AvgIpc) is 2.28. The van der Waals surface area contributed by atoms with Gasteiger partial charge in [-0.2, -0.15) is 4.31 Å². The van der Waals surface area contributed by atoms with Crippen molar-refractivity contribution in [2.75, 3.05) is 12.3 Å². The Hall–Kier alpha value is -0.660. The predicted octanol–water partition coefficient (Wildman–Crippen LogP) is 2.24. The summed E-state index contributed by atoms with van der Waals surface area (Å²) in [5.41, 5.74) is 5.67. The molecule has 0 fully saturated rings. The first kappa shape index (κ1) is 15.4. The first-order chi connectivity index (χ1) is 8.30. The second-order valence-corrected chi connectivity index (χ2v) is 7.02. The molecule has 0 bridgehead atoms. The number of anilines is 1. The summed E-state index contributed by atoms with van der Waals surface area (Å²) in [6, 6.07) is 1.37. The molecule has 0 unspecified atom stereocenters. The summed E-state index contributed by atoms with van der Waals surface area (Å²) in [7, 11) is -3.60. The molecule has 0 amide bonds. The van der Waals surface area contributed by atoms with Crippen molar-refractivity contribution in [3.63, 3.8) is 0 Å². The molecule has 0 aromatic carbocycles. The Bertz CT molecular complexity index is 517. The molecule has 5 nitrogen and oxygen atoms in total. The van der Waals surface area contributed by atoms with E-state index in [0.717, 1.165) is 6.42 Å². The van der Waals surface area contributed by atoms with Gasteiger partial charge in [0, 0.05) is 23.3 Å². The van der Waals surface area contributed by atoms with Gasteiger partial charge in [-0.15, -0.1) is 0 Å².